The van der Waals surface area contributed by atoms with Gasteiger partial charge in [-0.05, 0) is 26.8 Å². The van der Waals surface area contributed by atoms with E-state index in [0.717, 1.165) is 12.0 Å². The molecule has 1 heterocycles. The highest BCUT2D eigenvalue weighted by molar-refractivity contribution is 5.19. The second kappa shape index (κ2) is 4.77. The highest BCUT2D eigenvalue weighted by Crippen LogP contribution is 2.13. The summed E-state index contributed by atoms with van der Waals surface area (Å²) in [5.41, 5.74) is 6.36. The summed E-state index contributed by atoms with van der Waals surface area (Å²) in [5, 5.41) is 0. The fourth-order valence-corrected chi connectivity index (χ4v) is 0.996. The molecule has 0 fully saturated rings. The van der Waals surface area contributed by atoms with E-state index in [1.807, 2.05) is 13.8 Å². The van der Waals surface area contributed by atoms with Crippen LogP contribution in [0.2, 0.25) is 0 Å². The molecule has 1 rings (SSSR count). The molecule has 0 amide bonds. The maximum Gasteiger partial charge on any atom is 0.219 e. The predicted octanol–water partition coefficient (Wildman–Crippen LogP) is 0.901. The molecule has 1 aromatic heterocycles. The van der Waals surface area contributed by atoms with Gasteiger partial charge in [0.1, 0.15) is 6.33 Å². The number of hydrogen-bond donors (Lipinski definition) is 1. The normalized spacial score (nSPS) is 12.5. The second-order valence-electron chi connectivity index (χ2n) is 3.02. The SMILES string of the molecule is Cc1cncnc1OC(C)CCN. The summed E-state index contributed by atoms with van der Waals surface area (Å²) in [6.45, 7) is 4.53. The topological polar surface area (TPSA) is 61.0 Å². The van der Waals surface area contributed by atoms with E-state index in [4.69, 9.17) is 10.5 Å². The molecule has 0 aliphatic heterocycles. The molecule has 72 valence electrons. The van der Waals surface area contributed by atoms with Crippen LogP contribution < -0.4 is 10.5 Å². The van der Waals surface area contributed by atoms with Gasteiger partial charge < -0.3 is 10.5 Å². The lowest BCUT2D eigenvalue weighted by molar-refractivity contribution is 0.203. The number of hydrogen-bond acceptors (Lipinski definition) is 4. The van der Waals surface area contributed by atoms with Crippen LogP contribution in [0.3, 0.4) is 0 Å². The Balaban J connectivity index is 2.58. The van der Waals surface area contributed by atoms with Crippen molar-refractivity contribution in [3.8, 4) is 5.88 Å². The minimum Gasteiger partial charge on any atom is -0.474 e. The van der Waals surface area contributed by atoms with E-state index in [9.17, 15) is 0 Å². The molecule has 0 aromatic carbocycles. The molecule has 0 aliphatic rings. The molecule has 0 saturated carbocycles. The van der Waals surface area contributed by atoms with Gasteiger partial charge in [0.25, 0.3) is 0 Å². The Labute approximate surface area is 78.1 Å². The average Bonchev–Trinajstić information content (AvgIpc) is 2.09. The van der Waals surface area contributed by atoms with Gasteiger partial charge in [0, 0.05) is 11.8 Å². The first kappa shape index (κ1) is 9.92. The van der Waals surface area contributed by atoms with Crippen molar-refractivity contribution in [1.29, 1.82) is 0 Å². The number of ether oxygens (including phenoxy) is 1. The first-order valence-electron chi connectivity index (χ1n) is 4.37. The van der Waals surface area contributed by atoms with Crippen molar-refractivity contribution in [3.05, 3.63) is 18.1 Å². The van der Waals surface area contributed by atoms with Gasteiger partial charge in [0.2, 0.25) is 5.88 Å². The molecule has 1 unspecified atom stereocenters. The van der Waals surface area contributed by atoms with E-state index in [1.165, 1.54) is 6.33 Å². The lowest BCUT2D eigenvalue weighted by atomic mass is 10.3. The van der Waals surface area contributed by atoms with Crippen molar-refractivity contribution in [1.82, 2.24) is 9.97 Å². The molecule has 1 atom stereocenters. The molecule has 1 aromatic rings. The molecule has 4 nitrogen and oxygen atoms in total. The Morgan fingerprint density at radius 1 is 1.62 bits per heavy atom. The Bertz CT molecular complexity index is 265. The van der Waals surface area contributed by atoms with Gasteiger partial charge in [-0.3, -0.25) is 0 Å². The molecule has 0 spiro atoms. The van der Waals surface area contributed by atoms with E-state index in [1.54, 1.807) is 6.20 Å². The standard InChI is InChI=1S/C9H15N3O/c1-7-5-11-6-12-9(7)13-8(2)3-4-10/h5-6,8H,3-4,10H2,1-2H3. The van der Waals surface area contributed by atoms with Crippen molar-refractivity contribution in [2.75, 3.05) is 6.54 Å². The predicted molar refractivity (Wildman–Crippen MR) is 50.5 cm³/mol. The Kier molecular flexibility index (Phi) is 3.64. The molecule has 0 saturated heterocycles. The molecule has 0 radical (unpaired) electrons. The number of aromatic nitrogens is 2. The smallest absolute Gasteiger partial charge is 0.219 e. The molecular formula is C9H15N3O. The van der Waals surface area contributed by atoms with Crippen LogP contribution in [0.5, 0.6) is 5.88 Å². The van der Waals surface area contributed by atoms with Gasteiger partial charge in [0.15, 0.2) is 0 Å². The number of nitrogens with two attached hydrogens (primary N) is 1. The summed E-state index contributed by atoms with van der Waals surface area (Å²) in [4.78, 5) is 7.91. The van der Waals surface area contributed by atoms with E-state index >= 15 is 0 Å². The van der Waals surface area contributed by atoms with Crippen LogP contribution in [0.25, 0.3) is 0 Å². The summed E-state index contributed by atoms with van der Waals surface area (Å²) in [6, 6.07) is 0. The Morgan fingerprint density at radius 2 is 2.38 bits per heavy atom. The van der Waals surface area contributed by atoms with E-state index in [2.05, 4.69) is 9.97 Å². The quantitative estimate of drug-likeness (QED) is 0.749. The summed E-state index contributed by atoms with van der Waals surface area (Å²) < 4.78 is 5.55. The molecule has 13 heavy (non-hydrogen) atoms. The lowest BCUT2D eigenvalue weighted by Gasteiger charge is -2.13. The maximum atomic E-state index is 5.55. The van der Waals surface area contributed by atoms with Crippen LogP contribution >= 0.6 is 0 Å². The zero-order valence-electron chi connectivity index (χ0n) is 8.03. The monoisotopic (exact) mass is 181 g/mol. The van der Waals surface area contributed by atoms with Crippen LogP contribution in [-0.2, 0) is 0 Å². The molecule has 0 aliphatic carbocycles. The number of aryl methyl sites for hydroxylation is 1. The van der Waals surface area contributed by atoms with Gasteiger partial charge in [-0.1, -0.05) is 0 Å². The third-order valence-electron chi connectivity index (χ3n) is 1.73. The highest BCUT2D eigenvalue weighted by atomic mass is 16.5. The second-order valence-corrected chi connectivity index (χ2v) is 3.02. The Hall–Kier alpha value is -1.16. The van der Waals surface area contributed by atoms with Crippen LogP contribution in [0, 0.1) is 6.92 Å². The van der Waals surface area contributed by atoms with Gasteiger partial charge >= 0.3 is 0 Å². The molecule has 2 N–H and O–H groups in total. The fraction of sp³-hybridized carbons (Fsp3) is 0.556. The molecule has 0 bridgehead atoms. The summed E-state index contributed by atoms with van der Waals surface area (Å²) in [5.74, 6) is 0.649. The third kappa shape index (κ3) is 2.99. The lowest BCUT2D eigenvalue weighted by Crippen LogP contribution is -2.17. The summed E-state index contributed by atoms with van der Waals surface area (Å²) >= 11 is 0. The largest absolute Gasteiger partial charge is 0.474 e. The van der Waals surface area contributed by atoms with E-state index in [-0.39, 0.29) is 6.10 Å². The zero-order chi connectivity index (χ0) is 9.68. The van der Waals surface area contributed by atoms with Crippen molar-refractivity contribution in [2.24, 2.45) is 5.73 Å². The summed E-state index contributed by atoms with van der Waals surface area (Å²) in [7, 11) is 0. The minimum atomic E-state index is 0.110. The van der Waals surface area contributed by atoms with E-state index < -0.39 is 0 Å². The maximum absolute atomic E-state index is 5.55. The minimum absolute atomic E-state index is 0.110. The van der Waals surface area contributed by atoms with Gasteiger partial charge in [-0.15, -0.1) is 0 Å². The van der Waals surface area contributed by atoms with Crippen LogP contribution in [0.4, 0.5) is 0 Å². The van der Waals surface area contributed by atoms with Crippen molar-refractivity contribution >= 4 is 0 Å². The molecule has 4 heteroatoms. The summed E-state index contributed by atoms with van der Waals surface area (Å²) in [6.07, 6.45) is 4.16. The van der Waals surface area contributed by atoms with Crippen molar-refractivity contribution in [2.45, 2.75) is 26.4 Å². The Morgan fingerprint density at radius 3 is 3.00 bits per heavy atom. The van der Waals surface area contributed by atoms with E-state index in [0.29, 0.717) is 12.4 Å². The van der Waals surface area contributed by atoms with Crippen LogP contribution in [-0.4, -0.2) is 22.6 Å². The van der Waals surface area contributed by atoms with Crippen LogP contribution in [0.1, 0.15) is 18.9 Å². The van der Waals surface area contributed by atoms with Gasteiger partial charge in [-0.2, -0.15) is 0 Å². The molecular weight excluding hydrogens is 166 g/mol. The fourth-order valence-electron chi connectivity index (χ4n) is 0.996. The van der Waals surface area contributed by atoms with Gasteiger partial charge in [0.05, 0.1) is 6.10 Å². The number of rotatable bonds is 4. The number of nitrogens with zero attached hydrogens (tertiary/aromatic N) is 2. The first-order chi connectivity index (χ1) is 6.24. The first-order valence-corrected chi connectivity index (χ1v) is 4.37. The van der Waals surface area contributed by atoms with Gasteiger partial charge in [-0.25, -0.2) is 9.97 Å². The third-order valence-corrected chi connectivity index (χ3v) is 1.73. The average molecular weight is 181 g/mol. The van der Waals surface area contributed by atoms with Crippen molar-refractivity contribution < 1.29 is 4.74 Å². The zero-order valence-corrected chi connectivity index (χ0v) is 8.03. The highest BCUT2D eigenvalue weighted by Gasteiger charge is 2.05. The van der Waals surface area contributed by atoms with Crippen molar-refractivity contribution in [3.63, 3.8) is 0 Å². The van der Waals surface area contributed by atoms with Crippen LogP contribution in [0.15, 0.2) is 12.5 Å².